The molecule has 0 aromatic rings. The van der Waals surface area contributed by atoms with Crippen molar-refractivity contribution in [2.45, 2.75) is 57.0 Å². The van der Waals surface area contributed by atoms with Gasteiger partial charge in [-0.1, -0.05) is 25.7 Å². The number of carboxylic acids is 1. The predicted octanol–water partition coefficient (Wildman–Crippen LogP) is 2.60. The normalized spacial score (nSPS) is 28.8. The minimum atomic E-state index is -0.642. The fourth-order valence-corrected chi connectivity index (χ4v) is 4.20. The topological polar surface area (TPSA) is 40.5 Å². The van der Waals surface area contributed by atoms with Crippen LogP contribution < -0.4 is 0 Å². The van der Waals surface area contributed by atoms with Gasteiger partial charge in [-0.15, -0.1) is 0 Å². The van der Waals surface area contributed by atoms with Crippen molar-refractivity contribution in [3.8, 4) is 0 Å². The molecule has 2 aliphatic rings. The Labute approximate surface area is 108 Å². The van der Waals surface area contributed by atoms with Crippen LogP contribution in [0.5, 0.6) is 0 Å². The monoisotopic (exact) mass is 257 g/mol. The van der Waals surface area contributed by atoms with Gasteiger partial charge in [-0.25, -0.2) is 0 Å². The molecule has 0 aromatic heterocycles. The van der Waals surface area contributed by atoms with E-state index in [1.165, 1.54) is 44.3 Å². The Morgan fingerprint density at radius 2 is 1.94 bits per heavy atom. The van der Waals surface area contributed by atoms with Crippen LogP contribution in [-0.2, 0) is 4.79 Å². The molecule has 1 aliphatic heterocycles. The molecule has 1 unspecified atom stereocenters. The first-order chi connectivity index (χ1) is 8.27. The van der Waals surface area contributed by atoms with Crippen LogP contribution in [0.4, 0.5) is 0 Å². The van der Waals surface area contributed by atoms with Gasteiger partial charge in [0.1, 0.15) is 0 Å². The van der Waals surface area contributed by atoms with E-state index in [0.717, 1.165) is 12.3 Å². The van der Waals surface area contributed by atoms with Crippen molar-refractivity contribution >= 4 is 17.7 Å². The minimum Gasteiger partial charge on any atom is -0.481 e. The van der Waals surface area contributed by atoms with Crippen LogP contribution in [0.25, 0.3) is 0 Å². The van der Waals surface area contributed by atoms with Crippen molar-refractivity contribution in [2.75, 3.05) is 18.1 Å². The summed E-state index contributed by atoms with van der Waals surface area (Å²) in [5.74, 6) is 1.53. The summed E-state index contributed by atoms with van der Waals surface area (Å²) in [4.78, 5) is 13.4. The number of thioether (sulfide) groups is 1. The van der Waals surface area contributed by atoms with Crippen molar-refractivity contribution in [3.63, 3.8) is 0 Å². The van der Waals surface area contributed by atoms with Crippen molar-refractivity contribution < 1.29 is 9.90 Å². The number of hydrogen-bond acceptors (Lipinski definition) is 3. The molecule has 0 aromatic carbocycles. The molecule has 1 aliphatic carbocycles. The van der Waals surface area contributed by atoms with Gasteiger partial charge in [-0.3, -0.25) is 9.69 Å². The molecule has 1 saturated carbocycles. The highest BCUT2D eigenvalue weighted by Crippen LogP contribution is 2.28. The van der Waals surface area contributed by atoms with Crippen LogP contribution in [0.1, 0.15) is 44.9 Å². The van der Waals surface area contributed by atoms with Crippen molar-refractivity contribution in [1.29, 1.82) is 0 Å². The van der Waals surface area contributed by atoms with Gasteiger partial charge in [0.15, 0.2) is 0 Å². The lowest BCUT2D eigenvalue weighted by molar-refractivity contribution is -0.138. The molecule has 1 heterocycles. The maximum Gasteiger partial charge on any atom is 0.304 e. The molecule has 3 nitrogen and oxygen atoms in total. The molecule has 0 radical (unpaired) electrons. The van der Waals surface area contributed by atoms with E-state index in [9.17, 15) is 4.79 Å². The Morgan fingerprint density at radius 1 is 1.24 bits per heavy atom. The van der Waals surface area contributed by atoms with Crippen LogP contribution in [0.2, 0.25) is 0 Å². The van der Waals surface area contributed by atoms with E-state index in [-0.39, 0.29) is 6.04 Å². The third-order valence-electron chi connectivity index (χ3n) is 3.98. The second kappa shape index (κ2) is 6.64. The van der Waals surface area contributed by atoms with Gasteiger partial charge in [0.2, 0.25) is 0 Å². The Kier molecular flexibility index (Phi) is 5.16. The summed E-state index contributed by atoms with van der Waals surface area (Å²) >= 11 is 1.91. The first-order valence-electron chi connectivity index (χ1n) is 6.82. The van der Waals surface area contributed by atoms with Crippen LogP contribution in [-0.4, -0.2) is 46.1 Å². The Bertz CT molecular complexity index is 252. The Balaban J connectivity index is 1.96. The standard InChI is InChI=1S/C13H23NO2S/c15-13(16)9-12-10-17-8-7-14(12)11-5-3-1-2-4-6-11/h11-12H,1-10H2,(H,15,16). The zero-order chi connectivity index (χ0) is 12.1. The fraction of sp³-hybridized carbons (Fsp3) is 0.923. The summed E-state index contributed by atoms with van der Waals surface area (Å²) in [6, 6.07) is 0.928. The molecule has 17 heavy (non-hydrogen) atoms. The zero-order valence-electron chi connectivity index (χ0n) is 10.4. The molecule has 1 N–H and O–H groups in total. The second-order valence-corrected chi connectivity index (χ2v) is 6.36. The molecule has 2 fully saturated rings. The average molecular weight is 257 g/mol. The van der Waals surface area contributed by atoms with E-state index in [1.54, 1.807) is 0 Å². The molecule has 4 heteroatoms. The lowest BCUT2D eigenvalue weighted by atomic mass is 10.0. The lowest BCUT2D eigenvalue weighted by Gasteiger charge is -2.40. The Hall–Kier alpha value is -0.220. The molecular weight excluding hydrogens is 234 g/mol. The maximum atomic E-state index is 10.9. The van der Waals surface area contributed by atoms with E-state index in [4.69, 9.17) is 5.11 Å². The van der Waals surface area contributed by atoms with E-state index in [0.29, 0.717) is 12.5 Å². The van der Waals surface area contributed by atoms with E-state index >= 15 is 0 Å². The summed E-state index contributed by atoms with van der Waals surface area (Å²) in [6.45, 7) is 1.09. The first kappa shape index (κ1) is 13.2. The largest absolute Gasteiger partial charge is 0.481 e. The van der Waals surface area contributed by atoms with Gasteiger partial charge in [0.05, 0.1) is 6.42 Å². The quantitative estimate of drug-likeness (QED) is 0.789. The Morgan fingerprint density at radius 3 is 2.59 bits per heavy atom. The van der Waals surface area contributed by atoms with Crippen LogP contribution in [0.3, 0.4) is 0 Å². The summed E-state index contributed by atoms with van der Waals surface area (Å²) in [5, 5.41) is 9.00. The number of hydrogen-bond donors (Lipinski definition) is 1. The molecule has 98 valence electrons. The first-order valence-corrected chi connectivity index (χ1v) is 7.98. The number of rotatable bonds is 3. The summed E-state index contributed by atoms with van der Waals surface area (Å²) in [5.41, 5.74) is 0. The molecule has 0 bridgehead atoms. The van der Waals surface area contributed by atoms with Crippen LogP contribution in [0.15, 0.2) is 0 Å². The van der Waals surface area contributed by atoms with Gasteiger partial charge in [-0.2, -0.15) is 11.8 Å². The highest BCUT2D eigenvalue weighted by Gasteiger charge is 2.30. The van der Waals surface area contributed by atoms with Crippen LogP contribution >= 0.6 is 11.8 Å². The second-order valence-electron chi connectivity index (χ2n) is 5.21. The van der Waals surface area contributed by atoms with Gasteiger partial charge >= 0.3 is 5.97 Å². The number of aliphatic carboxylic acids is 1. The minimum absolute atomic E-state index is 0.273. The van der Waals surface area contributed by atoms with Gasteiger partial charge in [-0.05, 0) is 12.8 Å². The smallest absolute Gasteiger partial charge is 0.304 e. The van der Waals surface area contributed by atoms with Gasteiger partial charge in [0, 0.05) is 30.1 Å². The molecule has 2 rings (SSSR count). The number of carboxylic acid groups (broad SMARTS) is 1. The average Bonchev–Trinajstić information content (AvgIpc) is 2.57. The lowest BCUT2D eigenvalue weighted by Crippen LogP contribution is -2.49. The van der Waals surface area contributed by atoms with Crippen molar-refractivity contribution in [3.05, 3.63) is 0 Å². The zero-order valence-corrected chi connectivity index (χ0v) is 11.3. The highest BCUT2D eigenvalue weighted by molar-refractivity contribution is 7.99. The molecule has 0 spiro atoms. The molecule has 0 amide bonds. The summed E-state index contributed by atoms with van der Waals surface area (Å²) in [6.07, 6.45) is 8.26. The third-order valence-corrected chi connectivity index (χ3v) is 5.07. The van der Waals surface area contributed by atoms with Gasteiger partial charge < -0.3 is 5.11 Å². The highest BCUT2D eigenvalue weighted by atomic mass is 32.2. The van der Waals surface area contributed by atoms with E-state index in [1.807, 2.05) is 11.8 Å². The van der Waals surface area contributed by atoms with Crippen molar-refractivity contribution in [1.82, 2.24) is 4.90 Å². The van der Waals surface area contributed by atoms with Crippen LogP contribution in [0, 0.1) is 0 Å². The molecule has 1 saturated heterocycles. The maximum absolute atomic E-state index is 10.9. The SMILES string of the molecule is O=C(O)CC1CSCCN1C1CCCCCC1. The number of nitrogens with zero attached hydrogens (tertiary/aromatic N) is 1. The summed E-state index contributed by atoms with van der Waals surface area (Å²) in [7, 11) is 0. The number of carbonyl (C=O) groups is 1. The molecular formula is C13H23NO2S. The van der Waals surface area contributed by atoms with Crippen molar-refractivity contribution in [2.24, 2.45) is 0 Å². The predicted molar refractivity (Wildman–Crippen MR) is 71.6 cm³/mol. The van der Waals surface area contributed by atoms with E-state index < -0.39 is 5.97 Å². The van der Waals surface area contributed by atoms with Gasteiger partial charge in [0.25, 0.3) is 0 Å². The third kappa shape index (κ3) is 3.88. The van der Waals surface area contributed by atoms with E-state index in [2.05, 4.69) is 4.90 Å². The summed E-state index contributed by atoms with van der Waals surface area (Å²) < 4.78 is 0. The molecule has 1 atom stereocenters. The fourth-order valence-electron chi connectivity index (χ4n) is 3.12.